The lowest BCUT2D eigenvalue weighted by Gasteiger charge is -2.38. The average molecular weight is 336 g/mol. The van der Waals surface area contributed by atoms with Crippen LogP contribution in [0, 0.1) is 5.92 Å². The number of nitrogens with zero attached hydrogens (tertiary/aromatic N) is 3. The first-order chi connectivity index (χ1) is 12.2. The van der Waals surface area contributed by atoms with Gasteiger partial charge in [0, 0.05) is 24.0 Å². The molecule has 0 spiro atoms. The third kappa shape index (κ3) is 3.39. The van der Waals surface area contributed by atoms with Crippen LogP contribution < -0.4 is 5.32 Å². The van der Waals surface area contributed by atoms with Crippen LogP contribution in [0.5, 0.6) is 0 Å². The number of hydrogen-bond donors (Lipinski definition) is 2. The number of aliphatic hydroxyl groups excluding tert-OH is 1. The maximum Gasteiger partial charge on any atom is 0.242 e. The van der Waals surface area contributed by atoms with Gasteiger partial charge in [-0.2, -0.15) is 5.10 Å². The fourth-order valence-corrected chi connectivity index (χ4v) is 3.39. The molecule has 1 fully saturated rings. The molecule has 1 unspecified atom stereocenters. The van der Waals surface area contributed by atoms with E-state index in [4.69, 9.17) is 0 Å². The highest BCUT2D eigenvalue weighted by Gasteiger charge is 2.35. The van der Waals surface area contributed by atoms with Gasteiger partial charge in [-0.3, -0.25) is 14.5 Å². The van der Waals surface area contributed by atoms with Crippen LogP contribution in [-0.4, -0.2) is 31.9 Å². The van der Waals surface area contributed by atoms with Crippen LogP contribution in [0.3, 0.4) is 0 Å². The summed E-state index contributed by atoms with van der Waals surface area (Å²) >= 11 is 0. The molecule has 6 nitrogen and oxygen atoms in total. The minimum Gasteiger partial charge on any atom is -0.393 e. The highest BCUT2D eigenvalue weighted by atomic mass is 16.3. The molecule has 1 aliphatic carbocycles. The van der Waals surface area contributed by atoms with Gasteiger partial charge in [-0.05, 0) is 42.5 Å². The van der Waals surface area contributed by atoms with Crippen molar-refractivity contribution in [1.29, 1.82) is 0 Å². The second kappa shape index (κ2) is 6.64. The molecule has 0 saturated heterocycles. The number of benzene rings is 1. The minimum absolute atomic E-state index is 0.0942. The highest BCUT2D eigenvalue weighted by Crippen LogP contribution is 2.38. The Balaban J connectivity index is 1.57. The zero-order valence-electron chi connectivity index (χ0n) is 13.7. The topological polar surface area (TPSA) is 80.0 Å². The Kier molecular flexibility index (Phi) is 4.19. The van der Waals surface area contributed by atoms with Gasteiger partial charge in [0.1, 0.15) is 6.54 Å². The molecule has 0 aliphatic heterocycles. The molecule has 1 atom stereocenters. The third-order valence-electron chi connectivity index (χ3n) is 4.77. The molecule has 2 aromatic heterocycles. The zero-order valence-corrected chi connectivity index (χ0v) is 13.7. The number of aromatic nitrogens is 3. The van der Waals surface area contributed by atoms with Crippen LogP contribution >= 0.6 is 0 Å². The Morgan fingerprint density at radius 3 is 2.92 bits per heavy atom. The molecular weight excluding hydrogens is 316 g/mol. The summed E-state index contributed by atoms with van der Waals surface area (Å²) in [5, 5.41) is 17.9. The monoisotopic (exact) mass is 336 g/mol. The van der Waals surface area contributed by atoms with Gasteiger partial charge in [-0.15, -0.1) is 0 Å². The van der Waals surface area contributed by atoms with E-state index in [9.17, 15) is 9.90 Å². The largest absolute Gasteiger partial charge is 0.393 e. The molecule has 3 aromatic rings. The average Bonchev–Trinajstić information content (AvgIpc) is 3.09. The molecular formula is C19H20N4O2. The van der Waals surface area contributed by atoms with E-state index in [1.807, 2.05) is 30.5 Å². The van der Waals surface area contributed by atoms with Crippen LogP contribution in [-0.2, 0) is 11.3 Å². The van der Waals surface area contributed by atoms with E-state index in [1.165, 1.54) is 0 Å². The number of para-hydroxylation sites is 1. The number of nitrogens with one attached hydrogen (secondary N) is 1. The summed E-state index contributed by atoms with van der Waals surface area (Å²) in [6.45, 7) is 0.180. The molecule has 1 aromatic carbocycles. The number of amides is 1. The number of rotatable bonds is 5. The maximum absolute atomic E-state index is 12.4. The number of pyridine rings is 1. The van der Waals surface area contributed by atoms with Crippen molar-refractivity contribution in [1.82, 2.24) is 20.1 Å². The van der Waals surface area contributed by atoms with Crippen LogP contribution in [0.25, 0.3) is 10.9 Å². The Morgan fingerprint density at radius 1 is 1.32 bits per heavy atom. The predicted octanol–water partition coefficient (Wildman–Crippen LogP) is 2.06. The lowest BCUT2D eigenvalue weighted by molar-refractivity contribution is -0.123. The van der Waals surface area contributed by atoms with Crippen molar-refractivity contribution in [3.63, 3.8) is 0 Å². The van der Waals surface area contributed by atoms with E-state index in [1.54, 1.807) is 23.1 Å². The van der Waals surface area contributed by atoms with Crippen LogP contribution in [0.4, 0.5) is 0 Å². The first kappa shape index (κ1) is 15.8. The van der Waals surface area contributed by atoms with Crippen molar-refractivity contribution in [3.05, 3.63) is 60.6 Å². The van der Waals surface area contributed by atoms with Gasteiger partial charge >= 0.3 is 0 Å². The SMILES string of the molecule is O=C(Cn1cccn1)NC(c1cnc2ccccc2c1)C1CC(O)C1. The molecule has 1 saturated carbocycles. The van der Waals surface area contributed by atoms with E-state index in [-0.39, 0.29) is 30.5 Å². The summed E-state index contributed by atoms with van der Waals surface area (Å²) in [6.07, 6.45) is 6.36. The van der Waals surface area contributed by atoms with Gasteiger partial charge < -0.3 is 10.4 Å². The molecule has 2 N–H and O–H groups in total. The summed E-state index contributed by atoms with van der Waals surface area (Å²) in [7, 11) is 0. The molecule has 1 aliphatic rings. The molecule has 0 bridgehead atoms. The first-order valence-electron chi connectivity index (χ1n) is 8.48. The zero-order chi connectivity index (χ0) is 17.2. The van der Waals surface area contributed by atoms with Crippen molar-refractivity contribution in [2.75, 3.05) is 0 Å². The van der Waals surface area contributed by atoms with Crippen LogP contribution in [0.1, 0.15) is 24.4 Å². The van der Waals surface area contributed by atoms with E-state index in [0.717, 1.165) is 16.5 Å². The number of fused-ring (bicyclic) bond motifs is 1. The molecule has 0 radical (unpaired) electrons. The molecule has 4 rings (SSSR count). The van der Waals surface area contributed by atoms with Crippen molar-refractivity contribution < 1.29 is 9.90 Å². The van der Waals surface area contributed by atoms with Gasteiger partial charge in [-0.25, -0.2) is 0 Å². The van der Waals surface area contributed by atoms with E-state index in [0.29, 0.717) is 12.8 Å². The second-order valence-electron chi connectivity index (χ2n) is 6.60. The van der Waals surface area contributed by atoms with E-state index < -0.39 is 0 Å². The lowest BCUT2D eigenvalue weighted by Crippen LogP contribution is -2.42. The van der Waals surface area contributed by atoms with Crippen LogP contribution in [0.2, 0.25) is 0 Å². The van der Waals surface area contributed by atoms with E-state index in [2.05, 4.69) is 21.5 Å². The Hall–Kier alpha value is -2.73. The highest BCUT2D eigenvalue weighted by molar-refractivity contribution is 5.79. The first-order valence-corrected chi connectivity index (χ1v) is 8.48. The summed E-state index contributed by atoms with van der Waals surface area (Å²) in [6, 6.07) is 11.6. The standard InChI is InChI=1S/C19H20N4O2/c24-16-9-14(10-16)19(22-18(25)12-23-7-3-6-21-23)15-8-13-4-1-2-5-17(13)20-11-15/h1-8,11,14,16,19,24H,9-10,12H2,(H,22,25). The normalized spacial score (nSPS) is 20.8. The fraction of sp³-hybridized carbons (Fsp3) is 0.316. The van der Waals surface area contributed by atoms with Gasteiger partial charge in [-0.1, -0.05) is 18.2 Å². The van der Waals surface area contributed by atoms with Gasteiger partial charge in [0.25, 0.3) is 0 Å². The second-order valence-corrected chi connectivity index (χ2v) is 6.60. The van der Waals surface area contributed by atoms with Gasteiger partial charge in [0.2, 0.25) is 5.91 Å². The quantitative estimate of drug-likeness (QED) is 0.747. The van der Waals surface area contributed by atoms with Crippen LogP contribution in [0.15, 0.2) is 55.0 Å². The molecule has 25 heavy (non-hydrogen) atoms. The van der Waals surface area contributed by atoms with Crippen molar-refractivity contribution in [3.8, 4) is 0 Å². The van der Waals surface area contributed by atoms with Crippen molar-refractivity contribution >= 4 is 16.8 Å². The third-order valence-corrected chi connectivity index (χ3v) is 4.77. The Bertz CT molecular complexity index is 872. The molecule has 2 heterocycles. The molecule has 128 valence electrons. The maximum atomic E-state index is 12.4. The molecule has 1 amide bonds. The van der Waals surface area contributed by atoms with Crippen molar-refractivity contribution in [2.45, 2.75) is 31.5 Å². The Morgan fingerprint density at radius 2 is 2.16 bits per heavy atom. The fourth-order valence-electron chi connectivity index (χ4n) is 3.39. The number of aliphatic hydroxyl groups is 1. The Labute approximate surface area is 145 Å². The molecule has 6 heteroatoms. The number of hydrogen-bond acceptors (Lipinski definition) is 4. The summed E-state index contributed by atoms with van der Waals surface area (Å²) < 4.78 is 1.60. The smallest absolute Gasteiger partial charge is 0.242 e. The summed E-state index contributed by atoms with van der Waals surface area (Å²) in [5.41, 5.74) is 1.91. The van der Waals surface area contributed by atoms with Gasteiger partial charge in [0.15, 0.2) is 0 Å². The summed E-state index contributed by atoms with van der Waals surface area (Å²) in [4.78, 5) is 16.9. The summed E-state index contributed by atoms with van der Waals surface area (Å²) in [5.74, 6) is 0.128. The number of carbonyl (C=O) groups excluding carboxylic acids is 1. The number of carbonyl (C=O) groups is 1. The van der Waals surface area contributed by atoms with Crippen molar-refractivity contribution in [2.24, 2.45) is 5.92 Å². The predicted molar refractivity (Wildman–Crippen MR) is 93.6 cm³/mol. The minimum atomic E-state index is -0.274. The van der Waals surface area contributed by atoms with Gasteiger partial charge in [0.05, 0.1) is 17.7 Å². The lowest BCUT2D eigenvalue weighted by atomic mass is 9.75. The van der Waals surface area contributed by atoms with E-state index >= 15 is 0 Å².